The fourth-order valence-corrected chi connectivity index (χ4v) is 9.35. The van der Waals surface area contributed by atoms with Crippen molar-refractivity contribution in [3.63, 3.8) is 0 Å². The van der Waals surface area contributed by atoms with Gasteiger partial charge in [-0.05, 0) is 69.3 Å². The Kier molecular flexibility index (Phi) is 7.58. The first kappa shape index (κ1) is 32.4. The highest BCUT2D eigenvalue weighted by molar-refractivity contribution is 6.14. The number of hydrogen-bond acceptors (Lipinski definition) is 3. The van der Waals surface area contributed by atoms with E-state index in [1.54, 1.807) is 0 Å². The fourth-order valence-electron chi connectivity index (χ4n) is 9.35. The van der Waals surface area contributed by atoms with Crippen LogP contribution < -0.4 is 10.6 Å². The van der Waals surface area contributed by atoms with Crippen molar-refractivity contribution in [3.05, 3.63) is 245 Å². The molecule has 9 aromatic rings. The number of hydrogen-bond donors (Lipinski definition) is 2. The minimum atomic E-state index is -0.535. The zero-order valence-electron chi connectivity index (χ0n) is 30.7. The van der Waals surface area contributed by atoms with Crippen LogP contribution in [-0.4, -0.2) is 10.4 Å². The number of aromatic nitrogens is 1. The van der Waals surface area contributed by atoms with Crippen molar-refractivity contribution < 1.29 is 0 Å². The van der Waals surface area contributed by atoms with E-state index in [0.29, 0.717) is 0 Å². The quantitative estimate of drug-likeness (QED) is 0.180. The summed E-state index contributed by atoms with van der Waals surface area (Å²) in [5.74, 6) is 0.865. The van der Waals surface area contributed by atoms with Gasteiger partial charge in [0.1, 0.15) is 18.2 Å². The van der Waals surface area contributed by atoms with Crippen LogP contribution in [0.4, 0.5) is 0 Å². The number of para-hydroxylation sites is 1. The Balaban J connectivity index is 1.13. The van der Waals surface area contributed by atoms with Crippen LogP contribution in [0.3, 0.4) is 0 Å². The first-order valence-corrected chi connectivity index (χ1v) is 19.4. The van der Waals surface area contributed by atoms with Gasteiger partial charge >= 0.3 is 0 Å². The molecule has 0 saturated heterocycles. The molecule has 2 aliphatic rings. The van der Waals surface area contributed by atoms with Gasteiger partial charge in [0.15, 0.2) is 0 Å². The lowest BCUT2D eigenvalue weighted by Gasteiger charge is -2.34. The monoisotopic (exact) mass is 718 g/mol. The average molecular weight is 719 g/mol. The molecule has 4 heteroatoms. The molecule has 4 nitrogen and oxygen atoms in total. The summed E-state index contributed by atoms with van der Waals surface area (Å²) in [5, 5.41) is 9.93. The van der Waals surface area contributed by atoms with Crippen molar-refractivity contribution in [1.29, 1.82) is 0 Å². The Bertz CT molecular complexity index is 2860. The Morgan fingerprint density at radius 1 is 0.482 bits per heavy atom. The van der Waals surface area contributed by atoms with Gasteiger partial charge in [0.25, 0.3) is 0 Å². The van der Waals surface area contributed by atoms with E-state index in [9.17, 15) is 0 Å². The van der Waals surface area contributed by atoms with Gasteiger partial charge in [0.2, 0.25) is 0 Å². The predicted octanol–water partition coefficient (Wildman–Crippen LogP) is 11.5. The molecule has 1 aliphatic heterocycles. The third-order valence-electron chi connectivity index (χ3n) is 11.8. The Hall–Kier alpha value is -7.01. The van der Waals surface area contributed by atoms with Crippen LogP contribution in [0.5, 0.6) is 0 Å². The summed E-state index contributed by atoms with van der Waals surface area (Å²) in [6.45, 7) is 0. The van der Waals surface area contributed by atoms with Crippen molar-refractivity contribution in [1.82, 2.24) is 15.2 Å². The van der Waals surface area contributed by atoms with Crippen molar-refractivity contribution in [2.24, 2.45) is 4.99 Å². The summed E-state index contributed by atoms with van der Waals surface area (Å²) in [4.78, 5) is 5.23. The molecule has 2 heterocycles. The van der Waals surface area contributed by atoms with Gasteiger partial charge in [-0.3, -0.25) is 5.32 Å². The van der Waals surface area contributed by atoms with Gasteiger partial charge in [-0.15, -0.1) is 0 Å². The maximum Gasteiger partial charge on any atom is 0.131 e. The highest BCUT2D eigenvalue weighted by atomic mass is 15.3. The van der Waals surface area contributed by atoms with Crippen LogP contribution in [0, 0.1) is 0 Å². The third-order valence-corrected chi connectivity index (χ3v) is 11.8. The SMILES string of the molecule is c1ccc(C2N=C(c3ccc(-n4c5ccccc5c5ccc6c(c54)C(c4ccccc4)(c4ccccc4)c4ccccc4-6)cc3)NC(c3ccccc3)N2)cc1. The predicted molar refractivity (Wildman–Crippen MR) is 229 cm³/mol. The largest absolute Gasteiger partial charge is 0.350 e. The highest BCUT2D eigenvalue weighted by Crippen LogP contribution is 2.59. The normalized spacial score (nSPS) is 16.9. The Morgan fingerprint density at radius 2 is 1.07 bits per heavy atom. The maximum atomic E-state index is 5.23. The number of aliphatic imine (C=N–C) groups is 1. The molecule has 56 heavy (non-hydrogen) atoms. The van der Waals surface area contributed by atoms with E-state index in [0.717, 1.165) is 28.2 Å². The first-order chi connectivity index (χ1) is 27.8. The summed E-state index contributed by atoms with van der Waals surface area (Å²) in [6, 6.07) is 74.7. The number of amidine groups is 1. The number of nitrogens with zero attached hydrogens (tertiary/aromatic N) is 2. The Labute approximate surface area is 326 Å². The molecule has 0 saturated carbocycles. The average Bonchev–Trinajstić information content (AvgIpc) is 3.79. The van der Waals surface area contributed by atoms with Crippen LogP contribution in [0.25, 0.3) is 38.6 Å². The van der Waals surface area contributed by atoms with Gasteiger partial charge in [0, 0.05) is 27.6 Å². The Morgan fingerprint density at radius 3 is 1.77 bits per heavy atom. The van der Waals surface area contributed by atoms with E-state index in [-0.39, 0.29) is 12.3 Å². The molecule has 1 aliphatic carbocycles. The van der Waals surface area contributed by atoms with Crippen molar-refractivity contribution >= 4 is 27.6 Å². The molecule has 0 radical (unpaired) electrons. The fraction of sp³-hybridized carbons (Fsp3) is 0.0577. The second-order valence-corrected chi connectivity index (χ2v) is 14.8. The minimum absolute atomic E-state index is 0.0979. The third kappa shape index (κ3) is 4.93. The molecule has 0 amide bonds. The molecule has 266 valence electrons. The molecule has 2 N–H and O–H groups in total. The van der Waals surface area contributed by atoms with E-state index in [1.807, 2.05) is 0 Å². The molecule has 11 rings (SSSR count). The second kappa shape index (κ2) is 13.1. The van der Waals surface area contributed by atoms with Crippen molar-refractivity contribution in [2.75, 3.05) is 0 Å². The van der Waals surface area contributed by atoms with Gasteiger partial charge in [0.05, 0.1) is 16.4 Å². The minimum Gasteiger partial charge on any atom is -0.350 e. The molecule has 2 atom stereocenters. The van der Waals surface area contributed by atoms with E-state index < -0.39 is 5.41 Å². The smallest absolute Gasteiger partial charge is 0.131 e. The van der Waals surface area contributed by atoms with E-state index in [1.165, 1.54) is 55.2 Å². The number of rotatable bonds is 6. The zero-order valence-corrected chi connectivity index (χ0v) is 30.7. The molecule has 8 aromatic carbocycles. The number of fused-ring (bicyclic) bond motifs is 7. The van der Waals surface area contributed by atoms with Crippen LogP contribution in [0.2, 0.25) is 0 Å². The van der Waals surface area contributed by atoms with Gasteiger partial charge in [-0.2, -0.15) is 0 Å². The lowest BCUT2D eigenvalue weighted by molar-refractivity contribution is 0.409. The molecule has 1 aromatic heterocycles. The van der Waals surface area contributed by atoms with Crippen molar-refractivity contribution in [3.8, 4) is 16.8 Å². The van der Waals surface area contributed by atoms with Crippen LogP contribution in [0.1, 0.15) is 51.3 Å². The van der Waals surface area contributed by atoms with Gasteiger partial charge < -0.3 is 9.88 Å². The molecule has 2 unspecified atom stereocenters. The summed E-state index contributed by atoms with van der Waals surface area (Å²) in [5.41, 5.74) is 14.0. The summed E-state index contributed by atoms with van der Waals surface area (Å²) in [6.07, 6.45) is -0.290. The lowest BCUT2D eigenvalue weighted by atomic mass is 9.67. The molecule has 0 fully saturated rings. The second-order valence-electron chi connectivity index (χ2n) is 14.8. The summed E-state index contributed by atoms with van der Waals surface area (Å²) >= 11 is 0. The lowest BCUT2D eigenvalue weighted by Crippen LogP contribution is -2.44. The molecular formula is C52H38N4. The molecule has 0 spiro atoms. The summed E-state index contributed by atoms with van der Waals surface area (Å²) in [7, 11) is 0. The van der Waals surface area contributed by atoms with Gasteiger partial charge in [-0.25, -0.2) is 4.99 Å². The van der Waals surface area contributed by atoms with Crippen molar-refractivity contribution in [2.45, 2.75) is 17.7 Å². The van der Waals surface area contributed by atoms with Gasteiger partial charge in [-0.1, -0.05) is 176 Å². The number of benzene rings is 8. The standard InChI is InChI=1S/C52H38N4/c1-5-17-35(18-6-1)49-53-50(36-19-7-2-8-20-36)55-51(54-49)37-29-31-40(32-30-37)56-46-28-16-14-26-42(46)44-34-33-43-41-25-13-15-27-45(41)52(47(43)48(44)56,38-21-9-3-10-22-38)39-23-11-4-12-24-39/h1-34,49-50,53H,(H,54,55). The topological polar surface area (TPSA) is 41.4 Å². The van der Waals surface area contributed by atoms with Crippen LogP contribution in [-0.2, 0) is 5.41 Å². The summed E-state index contributed by atoms with van der Waals surface area (Å²) < 4.78 is 2.50. The van der Waals surface area contributed by atoms with E-state index >= 15 is 0 Å². The molecule has 0 bridgehead atoms. The van der Waals surface area contributed by atoms with Crippen LogP contribution in [0.15, 0.2) is 211 Å². The molecular weight excluding hydrogens is 681 g/mol. The van der Waals surface area contributed by atoms with Crippen LogP contribution >= 0.6 is 0 Å². The number of nitrogens with one attached hydrogen (secondary N) is 2. The van der Waals surface area contributed by atoms with E-state index in [2.05, 4.69) is 221 Å². The highest BCUT2D eigenvalue weighted by Gasteiger charge is 2.48. The maximum absolute atomic E-state index is 5.23. The first-order valence-electron chi connectivity index (χ1n) is 19.4. The van der Waals surface area contributed by atoms with E-state index in [4.69, 9.17) is 4.99 Å². The zero-order chi connectivity index (χ0) is 37.1.